The van der Waals surface area contributed by atoms with Crippen LogP contribution in [0.5, 0.6) is 5.75 Å². The molecule has 1 aromatic heterocycles. The Labute approximate surface area is 97.9 Å². The van der Waals surface area contributed by atoms with Gasteiger partial charge >= 0.3 is 0 Å². The highest BCUT2D eigenvalue weighted by Gasteiger charge is 2.25. The Bertz CT molecular complexity index is 361. The smallest absolute Gasteiger partial charge is 0.160 e. The number of hydrogen-bond donors (Lipinski definition) is 1. The molecule has 0 amide bonds. The van der Waals surface area contributed by atoms with E-state index in [1.54, 1.807) is 4.68 Å². The maximum Gasteiger partial charge on any atom is 0.160 e. The number of rotatable bonds is 3. The summed E-state index contributed by atoms with van der Waals surface area (Å²) in [5.74, 6) is 0.358. The van der Waals surface area contributed by atoms with Gasteiger partial charge in [-0.15, -0.1) is 0 Å². The first kappa shape index (κ1) is 13.0. The van der Waals surface area contributed by atoms with Gasteiger partial charge in [0.15, 0.2) is 5.75 Å². The van der Waals surface area contributed by atoms with Gasteiger partial charge in [0.25, 0.3) is 0 Å². The molecule has 0 spiro atoms. The Morgan fingerprint density at radius 1 is 1.31 bits per heavy atom. The molecule has 0 fully saturated rings. The van der Waals surface area contributed by atoms with Crippen LogP contribution in [0.1, 0.15) is 32.2 Å². The molecule has 1 heterocycles. The summed E-state index contributed by atoms with van der Waals surface area (Å²) >= 11 is 0. The number of hydrogen-bond acceptors (Lipinski definition) is 3. The van der Waals surface area contributed by atoms with Crippen LogP contribution in [0.25, 0.3) is 0 Å². The van der Waals surface area contributed by atoms with Gasteiger partial charge in [-0.2, -0.15) is 5.10 Å². The fourth-order valence-corrected chi connectivity index (χ4v) is 1.91. The van der Waals surface area contributed by atoms with Crippen molar-refractivity contribution in [3.8, 4) is 5.75 Å². The van der Waals surface area contributed by atoms with Crippen molar-refractivity contribution in [1.29, 1.82) is 0 Å². The summed E-state index contributed by atoms with van der Waals surface area (Å²) < 4.78 is 1.79. The second-order valence-corrected chi connectivity index (χ2v) is 5.57. The van der Waals surface area contributed by atoms with E-state index in [9.17, 15) is 5.11 Å². The number of aromatic nitrogens is 2. The van der Waals surface area contributed by atoms with E-state index in [1.807, 2.05) is 21.1 Å². The van der Waals surface area contributed by atoms with Crippen molar-refractivity contribution in [2.45, 2.75) is 32.6 Å². The molecule has 0 aliphatic heterocycles. The van der Waals surface area contributed by atoms with Gasteiger partial charge in [0, 0.05) is 25.4 Å². The fraction of sp³-hybridized carbons (Fsp3) is 0.750. The van der Waals surface area contributed by atoms with E-state index in [1.165, 1.54) is 0 Å². The molecule has 0 bridgehead atoms. The van der Waals surface area contributed by atoms with E-state index in [-0.39, 0.29) is 5.41 Å². The Hall–Kier alpha value is -1.03. The summed E-state index contributed by atoms with van der Waals surface area (Å²) in [6, 6.07) is 0. The molecular weight excluding hydrogens is 202 g/mol. The molecule has 4 nitrogen and oxygen atoms in total. The van der Waals surface area contributed by atoms with Crippen molar-refractivity contribution < 1.29 is 5.11 Å². The third-order valence-corrected chi connectivity index (χ3v) is 2.60. The van der Waals surface area contributed by atoms with E-state index in [0.717, 1.165) is 24.4 Å². The summed E-state index contributed by atoms with van der Waals surface area (Å²) in [7, 11) is 5.93. The lowest BCUT2D eigenvalue weighted by Crippen LogP contribution is -2.16. The second-order valence-electron chi connectivity index (χ2n) is 5.57. The second kappa shape index (κ2) is 4.45. The topological polar surface area (TPSA) is 41.3 Å². The lowest BCUT2D eigenvalue weighted by atomic mass is 9.91. The summed E-state index contributed by atoms with van der Waals surface area (Å²) in [6.45, 7) is 7.15. The van der Waals surface area contributed by atoms with E-state index >= 15 is 0 Å². The molecule has 0 unspecified atom stereocenters. The third-order valence-electron chi connectivity index (χ3n) is 2.60. The van der Waals surface area contributed by atoms with Crippen LogP contribution in [0, 0.1) is 0 Å². The van der Waals surface area contributed by atoms with E-state index in [0.29, 0.717) is 5.75 Å². The zero-order valence-electron chi connectivity index (χ0n) is 11.2. The molecule has 0 saturated heterocycles. The number of aromatic hydroxyl groups is 1. The highest BCUT2D eigenvalue weighted by Crippen LogP contribution is 2.32. The lowest BCUT2D eigenvalue weighted by molar-refractivity contribution is 0.401. The first-order valence-electron chi connectivity index (χ1n) is 5.63. The van der Waals surface area contributed by atoms with Crippen LogP contribution in [0.15, 0.2) is 0 Å². The monoisotopic (exact) mass is 225 g/mol. The molecule has 0 radical (unpaired) electrons. The summed E-state index contributed by atoms with van der Waals surface area (Å²) in [6.07, 6.45) is 0.781. The van der Waals surface area contributed by atoms with Crippen LogP contribution in [-0.4, -0.2) is 40.4 Å². The minimum Gasteiger partial charge on any atom is -0.504 e. The van der Waals surface area contributed by atoms with Gasteiger partial charge in [-0.1, -0.05) is 20.8 Å². The summed E-state index contributed by atoms with van der Waals surface area (Å²) in [5.41, 5.74) is 1.62. The molecule has 1 rings (SSSR count). The van der Waals surface area contributed by atoms with Crippen molar-refractivity contribution in [3.63, 3.8) is 0 Å². The van der Waals surface area contributed by atoms with Gasteiger partial charge in [0.05, 0.1) is 5.69 Å². The van der Waals surface area contributed by atoms with Crippen LogP contribution < -0.4 is 0 Å². The van der Waals surface area contributed by atoms with Crippen LogP contribution in [-0.2, 0) is 18.9 Å². The van der Waals surface area contributed by atoms with Crippen molar-refractivity contribution in [2.75, 3.05) is 20.6 Å². The normalized spacial score (nSPS) is 12.4. The maximum atomic E-state index is 10.2. The van der Waals surface area contributed by atoms with Gasteiger partial charge in [-0.3, -0.25) is 4.68 Å². The summed E-state index contributed by atoms with van der Waals surface area (Å²) in [4.78, 5) is 2.09. The molecule has 0 saturated carbocycles. The molecule has 0 aliphatic rings. The van der Waals surface area contributed by atoms with Crippen molar-refractivity contribution in [2.24, 2.45) is 7.05 Å². The molecule has 0 aliphatic carbocycles. The lowest BCUT2D eigenvalue weighted by Gasteiger charge is -2.18. The van der Waals surface area contributed by atoms with Gasteiger partial charge in [-0.05, 0) is 14.1 Å². The standard InChI is InChI=1S/C12H23N3O/c1-12(2,3)11-10(16)9(13-15(11)6)7-8-14(4)5/h16H,7-8H2,1-6H3. The fourth-order valence-electron chi connectivity index (χ4n) is 1.91. The van der Waals surface area contributed by atoms with Gasteiger partial charge < -0.3 is 10.0 Å². The zero-order valence-corrected chi connectivity index (χ0v) is 11.2. The Kier molecular flexibility index (Phi) is 3.63. The molecule has 0 atom stereocenters. The summed E-state index contributed by atoms with van der Waals surface area (Å²) in [5, 5.41) is 14.5. The largest absolute Gasteiger partial charge is 0.504 e. The zero-order chi connectivity index (χ0) is 12.5. The van der Waals surface area contributed by atoms with Crippen LogP contribution in [0.3, 0.4) is 0 Å². The van der Waals surface area contributed by atoms with Crippen molar-refractivity contribution >= 4 is 0 Å². The van der Waals surface area contributed by atoms with Gasteiger partial charge in [0.1, 0.15) is 5.69 Å². The van der Waals surface area contributed by atoms with E-state index < -0.39 is 0 Å². The molecule has 1 N–H and O–H groups in total. The van der Waals surface area contributed by atoms with Crippen LogP contribution in [0.2, 0.25) is 0 Å². The predicted molar refractivity (Wildman–Crippen MR) is 65.8 cm³/mol. The van der Waals surface area contributed by atoms with E-state index in [2.05, 4.69) is 30.8 Å². The maximum absolute atomic E-state index is 10.2. The number of nitrogens with zero attached hydrogens (tertiary/aromatic N) is 3. The van der Waals surface area contributed by atoms with E-state index in [4.69, 9.17) is 0 Å². The molecular formula is C12H23N3O. The Balaban J connectivity index is 2.98. The molecule has 92 valence electrons. The minimum absolute atomic E-state index is 0.0812. The Morgan fingerprint density at radius 3 is 2.25 bits per heavy atom. The quantitative estimate of drug-likeness (QED) is 0.848. The van der Waals surface area contributed by atoms with Crippen LogP contribution >= 0.6 is 0 Å². The molecule has 0 aromatic carbocycles. The molecule has 1 aromatic rings. The van der Waals surface area contributed by atoms with Gasteiger partial charge in [-0.25, -0.2) is 0 Å². The third kappa shape index (κ3) is 2.76. The first-order chi connectivity index (χ1) is 7.23. The van der Waals surface area contributed by atoms with Gasteiger partial charge in [0.2, 0.25) is 0 Å². The van der Waals surface area contributed by atoms with Crippen molar-refractivity contribution in [1.82, 2.24) is 14.7 Å². The van der Waals surface area contributed by atoms with Crippen LogP contribution in [0.4, 0.5) is 0 Å². The van der Waals surface area contributed by atoms with Crippen molar-refractivity contribution in [3.05, 3.63) is 11.4 Å². The minimum atomic E-state index is -0.0812. The molecule has 16 heavy (non-hydrogen) atoms. The highest BCUT2D eigenvalue weighted by molar-refractivity contribution is 5.36. The average molecular weight is 225 g/mol. The first-order valence-corrected chi connectivity index (χ1v) is 5.63. The average Bonchev–Trinajstić information content (AvgIpc) is 2.36. The predicted octanol–water partition coefficient (Wildman–Crippen LogP) is 1.53. The SMILES string of the molecule is CN(C)CCc1nn(C)c(C(C)(C)C)c1O. The Morgan fingerprint density at radius 2 is 1.88 bits per heavy atom. The molecule has 4 heteroatoms. The highest BCUT2D eigenvalue weighted by atomic mass is 16.3. The number of likely N-dealkylation sites (N-methyl/N-ethyl adjacent to an activating group) is 1. The number of aryl methyl sites for hydroxylation is 1.